The number of amides is 2. The molecule has 0 bridgehead atoms. The summed E-state index contributed by atoms with van der Waals surface area (Å²) in [6.07, 6.45) is 1.32. The molecule has 0 saturated carbocycles. The van der Waals surface area contributed by atoms with Gasteiger partial charge in [-0.15, -0.1) is 0 Å². The van der Waals surface area contributed by atoms with Gasteiger partial charge in [-0.05, 0) is 49.5 Å². The van der Waals surface area contributed by atoms with E-state index < -0.39 is 16.7 Å². The van der Waals surface area contributed by atoms with Crippen LogP contribution in [0.3, 0.4) is 0 Å². The number of nitro groups is 1. The minimum absolute atomic E-state index is 0.00673. The number of aryl methyl sites for hydroxylation is 1. The summed E-state index contributed by atoms with van der Waals surface area (Å²) in [5.74, 6) is -0.598. The van der Waals surface area contributed by atoms with Crippen LogP contribution in [0, 0.1) is 17.0 Å². The Labute approximate surface area is 181 Å². The molecule has 0 spiro atoms. The molecular weight excluding hydrogens is 418 g/mol. The van der Waals surface area contributed by atoms with E-state index in [1.165, 1.54) is 23.1 Å². The predicted molar refractivity (Wildman–Crippen MR) is 118 cm³/mol. The van der Waals surface area contributed by atoms with Crippen molar-refractivity contribution in [2.75, 3.05) is 4.90 Å². The number of benzene rings is 2. The zero-order chi connectivity index (χ0) is 22.1. The van der Waals surface area contributed by atoms with E-state index in [-0.39, 0.29) is 22.1 Å². The lowest BCUT2D eigenvalue weighted by molar-refractivity contribution is -0.384. The molecule has 3 aromatic rings. The van der Waals surface area contributed by atoms with Crippen LogP contribution < -0.4 is 10.2 Å². The molecule has 2 aromatic carbocycles. The maximum atomic E-state index is 13.0. The summed E-state index contributed by atoms with van der Waals surface area (Å²) in [6.45, 7) is 1.92. The van der Waals surface area contributed by atoms with E-state index in [1.54, 1.807) is 36.4 Å². The van der Waals surface area contributed by atoms with Gasteiger partial charge >= 0.3 is 0 Å². The lowest BCUT2D eigenvalue weighted by atomic mass is 10.1. The minimum Gasteiger partial charge on any atom is -0.457 e. The number of carbonyl (C=O) groups is 2. The van der Waals surface area contributed by atoms with Crippen LogP contribution in [0.5, 0.6) is 0 Å². The third kappa shape index (κ3) is 3.99. The maximum absolute atomic E-state index is 13.0. The Morgan fingerprint density at radius 3 is 2.55 bits per heavy atom. The lowest BCUT2D eigenvalue weighted by Crippen LogP contribution is -2.54. The van der Waals surface area contributed by atoms with Crippen molar-refractivity contribution in [3.05, 3.63) is 87.7 Å². The molecule has 9 heteroatoms. The van der Waals surface area contributed by atoms with Gasteiger partial charge in [-0.2, -0.15) is 0 Å². The number of carbonyl (C=O) groups excluding carboxylic acids is 2. The number of anilines is 1. The van der Waals surface area contributed by atoms with E-state index in [1.807, 2.05) is 19.1 Å². The van der Waals surface area contributed by atoms with Crippen LogP contribution in [0.25, 0.3) is 17.4 Å². The van der Waals surface area contributed by atoms with Crippen molar-refractivity contribution >= 4 is 46.6 Å². The fourth-order valence-electron chi connectivity index (χ4n) is 3.09. The second-order valence-electron chi connectivity index (χ2n) is 6.80. The van der Waals surface area contributed by atoms with Crippen LogP contribution in [-0.2, 0) is 9.59 Å². The molecule has 0 atom stereocenters. The molecule has 0 unspecified atom stereocenters. The van der Waals surface area contributed by atoms with Crippen molar-refractivity contribution < 1.29 is 18.9 Å². The number of hydrogen-bond acceptors (Lipinski definition) is 6. The van der Waals surface area contributed by atoms with Gasteiger partial charge in [0.2, 0.25) is 0 Å². The van der Waals surface area contributed by atoms with Crippen molar-refractivity contribution in [1.29, 1.82) is 0 Å². The summed E-state index contributed by atoms with van der Waals surface area (Å²) in [5.41, 5.74) is 1.83. The van der Waals surface area contributed by atoms with Gasteiger partial charge in [-0.3, -0.25) is 29.9 Å². The number of thiocarbonyl (C=S) groups is 1. The van der Waals surface area contributed by atoms with Crippen LogP contribution in [0.4, 0.5) is 11.4 Å². The number of rotatable bonds is 4. The Morgan fingerprint density at radius 1 is 1.10 bits per heavy atom. The van der Waals surface area contributed by atoms with Crippen LogP contribution in [0.2, 0.25) is 0 Å². The molecular formula is C22H15N3O5S. The third-order valence-corrected chi connectivity index (χ3v) is 4.93. The smallest absolute Gasteiger partial charge is 0.270 e. The first-order chi connectivity index (χ1) is 14.8. The molecule has 4 rings (SSSR count). The van der Waals surface area contributed by atoms with Crippen molar-refractivity contribution in [3.8, 4) is 11.3 Å². The summed E-state index contributed by atoms with van der Waals surface area (Å²) in [5, 5.41) is 13.5. The predicted octanol–water partition coefficient (Wildman–Crippen LogP) is 3.99. The average molecular weight is 433 g/mol. The zero-order valence-electron chi connectivity index (χ0n) is 16.2. The van der Waals surface area contributed by atoms with Crippen molar-refractivity contribution in [3.63, 3.8) is 0 Å². The van der Waals surface area contributed by atoms with Gasteiger partial charge in [0.25, 0.3) is 17.5 Å². The number of nitrogens with one attached hydrogen (secondary N) is 1. The van der Waals surface area contributed by atoms with Crippen LogP contribution in [-0.4, -0.2) is 21.9 Å². The molecule has 1 aromatic heterocycles. The molecule has 8 nitrogen and oxygen atoms in total. The SMILES string of the molecule is Cc1ccc(N2C(=O)C(=Cc3ccc(-c4cccc([N+](=O)[O-])c4)o3)C(=O)NC2=S)cc1. The molecule has 1 N–H and O–H groups in total. The summed E-state index contributed by atoms with van der Waals surface area (Å²) in [7, 11) is 0. The van der Waals surface area contributed by atoms with Gasteiger partial charge in [-0.25, -0.2) is 0 Å². The van der Waals surface area contributed by atoms with Gasteiger partial charge in [0.15, 0.2) is 5.11 Å². The highest BCUT2D eigenvalue weighted by molar-refractivity contribution is 7.80. The highest BCUT2D eigenvalue weighted by Crippen LogP contribution is 2.28. The Balaban J connectivity index is 1.66. The highest BCUT2D eigenvalue weighted by atomic mass is 32.1. The molecule has 2 amide bonds. The fraction of sp³-hybridized carbons (Fsp3) is 0.0455. The molecule has 0 aliphatic carbocycles. The lowest BCUT2D eigenvalue weighted by Gasteiger charge is -2.28. The molecule has 1 saturated heterocycles. The van der Waals surface area contributed by atoms with Crippen molar-refractivity contribution in [2.45, 2.75) is 6.92 Å². The summed E-state index contributed by atoms with van der Waals surface area (Å²) in [6, 6.07) is 16.3. The molecule has 0 radical (unpaired) electrons. The van der Waals surface area contributed by atoms with E-state index in [0.717, 1.165) is 5.56 Å². The molecule has 154 valence electrons. The summed E-state index contributed by atoms with van der Waals surface area (Å²) < 4.78 is 5.70. The Bertz CT molecular complexity index is 1260. The van der Waals surface area contributed by atoms with E-state index in [2.05, 4.69) is 5.32 Å². The zero-order valence-corrected chi connectivity index (χ0v) is 17.0. The van der Waals surface area contributed by atoms with E-state index in [0.29, 0.717) is 17.0 Å². The number of hydrogen-bond donors (Lipinski definition) is 1. The molecule has 2 heterocycles. The van der Waals surface area contributed by atoms with Crippen molar-refractivity contribution in [2.24, 2.45) is 0 Å². The summed E-state index contributed by atoms with van der Waals surface area (Å²) >= 11 is 5.18. The third-order valence-electron chi connectivity index (χ3n) is 4.65. The number of nitrogens with zero attached hydrogens (tertiary/aromatic N) is 2. The van der Waals surface area contributed by atoms with Gasteiger partial charge in [0.1, 0.15) is 17.1 Å². The molecule has 1 aliphatic rings. The monoisotopic (exact) mass is 433 g/mol. The van der Waals surface area contributed by atoms with Gasteiger partial charge in [0.05, 0.1) is 10.6 Å². The minimum atomic E-state index is -0.633. The van der Waals surface area contributed by atoms with E-state index in [4.69, 9.17) is 16.6 Å². The fourth-order valence-corrected chi connectivity index (χ4v) is 3.37. The van der Waals surface area contributed by atoms with Crippen molar-refractivity contribution in [1.82, 2.24) is 5.32 Å². The topological polar surface area (TPSA) is 106 Å². The number of furan rings is 1. The Morgan fingerprint density at radius 2 is 1.84 bits per heavy atom. The average Bonchev–Trinajstić information content (AvgIpc) is 3.21. The Hall–Kier alpha value is -4.11. The highest BCUT2D eigenvalue weighted by Gasteiger charge is 2.34. The molecule has 1 fully saturated rings. The second-order valence-corrected chi connectivity index (χ2v) is 7.19. The largest absolute Gasteiger partial charge is 0.457 e. The van der Waals surface area contributed by atoms with Crippen LogP contribution >= 0.6 is 12.2 Å². The van der Waals surface area contributed by atoms with Gasteiger partial charge in [-0.1, -0.05) is 29.8 Å². The maximum Gasteiger partial charge on any atom is 0.270 e. The van der Waals surface area contributed by atoms with Gasteiger partial charge < -0.3 is 4.42 Å². The molecule has 31 heavy (non-hydrogen) atoms. The first-order valence-electron chi connectivity index (χ1n) is 9.16. The second kappa shape index (κ2) is 7.96. The quantitative estimate of drug-likeness (QED) is 0.219. The normalized spacial score (nSPS) is 15.3. The van der Waals surface area contributed by atoms with E-state index in [9.17, 15) is 19.7 Å². The standard InChI is InChI=1S/C22H15N3O5S/c1-13-5-7-15(8-6-13)24-21(27)18(20(26)23-22(24)31)12-17-9-10-19(30-17)14-3-2-4-16(11-14)25(28)29/h2-12H,1H3,(H,23,26,31). The number of nitro benzene ring substituents is 1. The first-order valence-corrected chi connectivity index (χ1v) is 9.57. The molecule has 1 aliphatic heterocycles. The van der Waals surface area contributed by atoms with E-state index >= 15 is 0 Å². The Kier molecular flexibility index (Phi) is 5.18. The number of non-ortho nitro benzene ring substituents is 1. The van der Waals surface area contributed by atoms with Gasteiger partial charge in [0, 0.05) is 17.7 Å². The van der Waals surface area contributed by atoms with Crippen LogP contribution in [0.15, 0.2) is 70.7 Å². The first kappa shape index (κ1) is 20.2. The van der Waals surface area contributed by atoms with Crippen LogP contribution in [0.1, 0.15) is 11.3 Å². The summed E-state index contributed by atoms with van der Waals surface area (Å²) in [4.78, 5) is 37.2.